The predicted octanol–water partition coefficient (Wildman–Crippen LogP) is 9.46. The average Bonchev–Trinajstić information content (AvgIpc) is 3.18. The SMILES string of the molecule is CCc1cc(CCl)cc(N(CCOCCOCCOC)CC(C)(C)SSC)c1.COCCOCCOCCN(CC(C)(C)SSC)c1cc(CO)cc(CCl)c1. The number of nitrogens with zero attached hydrogens (tertiary/aromatic N) is 2. The van der Waals surface area contributed by atoms with Crippen molar-refractivity contribution < 1.29 is 33.5 Å². The molecule has 0 unspecified atom stereocenters. The van der Waals surface area contributed by atoms with Gasteiger partial charge in [0.25, 0.3) is 0 Å². The lowest BCUT2D eigenvalue weighted by molar-refractivity contribution is 0.0264. The summed E-state index contributed by atoms with van der Waals surface area (Å²) in [5.74, 6) is 0.958. The van der Waals surface area contributed by atoms with E-state index in [1.807, 2.05) is 44.5 Å². The molecule has 0 bridgehead atoms. The largest absolute Gasteiger partial charge is 0.392 e. The summed E-state index contributed by atoms with van der Waals surface area (Å²) in [5.41, 5.74) is 6.67. The fourth-order valence-electron chi connectivity index (χ4n) is 5.60. The smallest absolute Gasteiger partial charge is 0.0701 e. The van der Waals surface area contributed by atoms with Gasteiger partial charge in [-0.1, -0.05) is 62.2 Å². The van der Waals surface area contributed by atoms with Crippen LogP contribution in [0.4, 0.5) is 11.4 Å². The molecule has 9 nitrogen and oxygen atoms in total. The highest BCUT2D eigenvalue weighted by Crippen LogP contribution is 2.37. The molecule has 0 saturated carbocycles. The number of aliphatic hydroxyl groups is 1. The summed E-state index contributed by atoms with van der Waals surface area (Å²) in [7, 11) is 10.7. The maximum atomic E-state index is 9.60. The lowest BCUT2D eigenvalue weighted by Crippen LogP contribution is -2.38. The zero-order valence-electron chi connectivity index (χ0n) is 35.4. The molecule has 0 heterocycles. The number of ether oxygens (including phenoxy) is 6. The lowest BCUT2D eigenvalue weighted by Gasteiger charge is -2.33. The molecule has 324 valence electrons. The highest BCUT2D eigenvalue weighted by atomic mass is 35.5. The van der Waals surface area contributed by atoms with Gasteiger partial charge < -0.3 is 43.3 Å². The van der Waals surface area contributed by atoms with Gasteiger partial charge in [-0.3, -0.25) is 0 Å². The summed E-state index contributed by atoms with van der Waals surface area (Å²) >= 11 is 12.2. The Morgan fingerprint density at radius 1 is 0.554 bits per heavy atom. The first-order valence-electron chi connectivity index (χ1n) is 19.1. The van der Waals surface area contributed by atoms with Crippen molar-refractivity contribution in [3.05, 3.63) is 58.7 Å². The summed E-state index contributed by atoms with van der Waals surface area (Å²) in [6, 6.07) is 12.8. The second kappa shape index (κ2) is 32.5. The number of anilines is 2. The van der Waals surface area contributed by atoms with E-state index in [2.05, 4.69) is 81.2 Å². The van der Waals surface area contributed by atoms with Gasteiger partial charge in [0.15, 0.2) is 0 Å². The zero-order chi connectivity index (χ0) is 41.7. The number of hydrogen-bond donors (Lipinski definition) is 1. The van der Waals surface area contributed by atoms with Crippen LogP contribution in [0.25, 0.3) is 0 Å². The monoisotopic (exact) mass is 900 g/mol. The van der Waals surface area contributed by atoms with Gasteiger partial charge >= 0.3 is 0 Å². The summed E-state index contributed by atoms with van der Waals surface area (Å²) in [6.45, 7) is 20.6. The molecule has 2 aromatic carbocycles. The van der Waals surface area contributed by atoms with Crippen molar-refractivity contribution in [2.75, 3.05) is 129 Å². The molecule has 0 aromatic heterocycles. The zero-order valence-corrected chi connectivity index (χ0v) is 40.1. The first-order valence-corrected chi connectivity index (χ1v) is 25.3. The predicted molar refractivity (Wildman–Crippen MR) is 249 cm³/mol. The van der Waals surface area contributed by atoms with Gasteiger partial charge in [-0.2, -0.15) is 0 Å². The van der Waals surface area contributed by atoms with Gasteiger partial charge in [-0.25, -0.2) is 0 Å². The second-order valence-electron chi connectivity index (χ2n) is 14.1. The lowest BCUT2D eigenvalue weighted by atomic mass is 10.1. The van der Waals surface area contributed by atoms with Crippen LogP contribution in [0.2, 0.25) is 0 Å². The maximum Gasteiger partial charge on any atom is 0.0701 e. The third kappa shape index (κ3) is 24.7. The number of benzene rings is 2. The van der Waals surface area contributed by atoms with E-state index >= 15 is 0 Å². The molecule has 0 aliphatic heterocycles. The number of aliphatic hydroxyl groups excluding tert-OH is 1. The van der Waals surface area contributed by atoms with E-state index in [0.29, 0.717) is 77.8 Å². The van der Waals surface area contributed by atoms with Crippen LogP contribution in [0.15, 0.2) is 36.4 Å². The normalized spacial score (nSPS) is 11.8. The van der Waals surface area contributed by atoms with E-state index in [4.69, 9.17) is 51.6 Å². The van der Waals surface area contributed by atoms with Crippen LogP contribution < -0.4 is 9.80 Å². The third-order valence-electron chi connectivity index (χ3n) is 8.08. The van der Waals surface area contributed by atoms with Crippen LogP contribution in [-0.4, -0.2) is 134 Å². The second-order valence-corrected chi connectivity index (χ2v) is 20.8. The maximum absolute atomic E-state index is 9.60. The van der Waals surface area contributed by atoms with E-state index in [-0.39, 0.29) is 16.1 Å². The van der Waals surface area contributed by atoms with Crippen molar-refractivity contribution in [3.8, 4) is 0 Å². The quantitative estimate of drug-likeness (QED) is 0.0431. The Morgan fingerprint density at radius 2 is 0.911 bits per heavy atom. The molecule has 0 amide bonds. The van der Waals surface area contributed by atoms with E-state index in [9.17, 15) is 5.11 Å². The van der Waals surface area contributed by atoms with Crippen molar-refractivity contribution >= 4 is 77.8 Å². The summed E-state index contributed by atoms with van der Waals surface area (Å²) in [5, 5.41) is 9.60. The van der Waals surface area contributed by atoms with Crippen LogP contribution in [0.5, 0.6) is 0 Å². The van der Waals surface area contributed by atoms with Crippen molar-refractivity contribution in [2.45, 2.75) is 68.9 Å². The van der Waals surface area contributed by atoms with Gasteiger partial charge in [0.2, 0.25) is 0 Å². The molecule has 2 rings (SSSR count). The standard InChI is InChI=1S/C21H36ClNO3S2.C20H34ClNO4S2/c1-6-18-13-19(16-22)15-20(14-18)23(17-21(2,3)28-27-5)7-8-25-11-12-26-10-9-24-4;1-20(2,28-27-4)16-22(5-6-25-9-10-26-8-7-24-3)19-12-17(14-21)11-18(13-19)15-23/h13-15H,6-12,16-17H2,1-5H3;11-13,23H,5-10,14-16H2,1-4H3. The Bertz CT molecular complexity index is 1150. The minimum absolute atomic E-state index is 0.00381. The molecule has 1 N–H and O–H groups in total. The molecular formula is C41H70Cl2N2O7S4. The highest BCUT2D eigenvalue weighted by Gasteiger charge is 2.24. The first-order chi connectivity index (χ1) is 26.9. The molecule has 15 heteroatoms. The van der Waals surface area contributed by atoms with Crippen molar-refractivity contribution in [1.82, 2.24) is 0 Å². The Morgan fingerprint density at radius 3 is 1.27 bits per heavy atom. The number of alkyl halides is 2. The van der Waals surface area contributed by atoms with E-state index in [1.54, 1.807) is 25.0 Å². The fourth-order valence-corrected chi connectivity index (χ4v) is 10.3. The van der Waals surface area contributed by atoms with Crippen molar-refractivity contribution in [1.29, 1.82) is 0 Å². The molecule has 0 radical (unpaired) electrons. The van der Waals surface area contributed by atoms with Crippen LogP contribution in [0.1, 0.15) is 56.9 Å². The Hall–Kier alpha value is -0.260. The summed E-state index contributed by atoms with van der Waals surface area (Å²) < 4.78 is 32.6. The van der Waals surface area contributed by atoms with E-state index < -0.39 is 0 Å². The van der Waals surface area contributed by atoms with Crippen molar-refractivity contribution in [3.63, 3.8) is 0 Å². The molecule has 0 spiro atoms. The molecule has 56 heavy (non-hydrogen) atoms. The van der Waals surface area contributed by atoms with Crippen LogP contribution in [0, 0.1) is 0 Å². The van der Waals surface area contributed by atoms with E-state index in [0.717, 1.165) is 49.4 Å². The molecular weight excluding hydrogens is 832 g/mol. The highest BCUT2D eigenvalue weighted by molar-refractivity contribution is 8.77. The summed E-state index contributed by atoms with van der Waals surface area (Å²) in [6.07, 6.45) is 5.23. The molecule has 0 atom stereocenters. The van der Waals surface area contributed by atoms with Crippen LogP contribution >= 0.6 is 66.4 Å². The van der Waals surface area contributed by atoms with Gasteiger partial charge in [0, 0.05) is 73.0 Å². The third-order valence-corrected chi connectivity index (χ3v) is 13.9. The number of methoxy groups -OCH3 is 2. The Balaban J connectivity index is 0.000000560. The van der Waals surface area contributed by atoms with Gasteiger partial charge in [-0.15, -0.1) is 23.2 Å². The van der Waals surface area contributed by atoms with Gasteiger partial charge in [0.1, 0.15) is 0 Å². The minimum Gasteiger partial charge on any atom is -0.392 e. The van der Waals surface area contributed by atoms with E-state index in [1.165, 1.54) is 16.8 Å². The first kappa shape index (κ1) is 53.8. The Labute approximate surface area is 365 Å². The molecule has 0 aliphatic carbocycles. The number of hydrogen-bond acceptors (Lipinski definition) is 13. The molecule has 2 aromatic rings. The van der Waals surface area contributed by atoms with Crippen LogP contribution in [0.3, 0.4) is 0 Å². The molecule has 0 aliphatic rings. The van der Waals surface area contributed by atoms with Crippen molar-refractivity contribution in [2.24, 2.45) is 0 Å². The number of aryl methyl sites for hydroxylation is 1. The average molecular weight is 902 g/mol. The fraction of sp³-hybridized carbons (Fsp3) is 0.707. The topological polar surface area (TPSA) is 82.1 Å². The minimum atomic E-state index is 0.00381. The molecule has 0 fully saturated rings. The molecule has 0 saturated heterocycles. The summed E-state index contributed by atoms with van der Waals surface area (Å²) in [4.78, 5) is 4.73. The number of rotatable bonds is 32. The van der Waals surface area contributed by atoms with Crippen LogP contribution in [-0.2, 0) is 53.2 Å². The van der Waals surface area contributed by atoms with Gasteiger partial charge in [0.05, 0.1) is 72.7 Å². The van der Waals surface area contributed by atoms with Gasteiger partial charge in [-0.05, 0) is 93.1 Å². The Kier molecular flexibility index (Phi) is 31.2. The number of halogens is 2.